The molecule has 0 aliphatic heterocycles. The summed E-state index contributed by atoms with van der Waals surface area (Å²) in [5, 5.41) is 8.91. The van der Waals surface area contributed by atoms with Crippen molar-refractivity contribution in [3.63, 3.8) is 0 Å². The summed E-state index contributed by atoms with van der Waals surface area (Å²) in [7, 11) is 1.81. The number of H-pyrrole nitrogens is 1. The number of hydrogen-bond donors (Lipinski definition) is 2. The molecule has 20 heavy (non-hydrogen) atoms. The van der Waals surface area contributed by atoms with Crippen LogP contribution in [-0.4, -0.2) is 39.5 Å². The standard InChI is InChI=1S/C15H21N3O2/c1-4-10-6-7-11-12(8-10)17-15(16-11)13(5-2)18(3)9-14(19)20/h6-8,13H,4-5,9H2,1-3H3,(H,16,17)(H,19,20). The number of rotatable bonds is 6. The number of carboxylic acid groups (broad SMARTS) is 1. The topological polar surface area (TPSA) is 69.2 Å². The Morgan fingerprint density at radius 2 is 2.20 bits per heavy atom. The number of aryl methyl sites for hydroxylation is 1. The number of nitrogens with one attached hydrogen (secondary N) is 1. The molecule has 5 nitrogen and oxygen atoms in total. The SMILES string of the molecule is CCc1ccc2nc(C(CC)N(C)CC(=O)O)[nH]c2c1. The Kier molecular flexibility index (Phi) is 4.39. The average molecular weight is 275 g/mol. The second-order valence-electron chi connectivity index (χ2n) is 5.06. The molecule has 0 radical (unpaired) electrons. The zero-order chi connectivity index (χ0) is 14.7. The van der Waals surface area contributed by atoms with Crippen LogP contribution in [0.3, 0.4) is 0 Å². The number of benzene rings is 1. The molecule has 2 aromatic rings. The molecule has 0 fully saturated rings. The highest BCUT2D eigenvalue weighted by molar-refractivity contribution is 5.76. The monoisotopic (exact) mass is 275 g/mol. The molecule has 0 aliphatic rings. The smallest absolute Gasteiger partial charge is 0.317 e. The maximum absolute atomic E-state index is 10.8. The van der Waals surface area contributed by atoms with Crippen LogP contribution in [0, 0.1) is 0 Å². The molecule has 1 atom stereocenters. The fourth-order valence-electron chi connectivity index (χ4n) is 2.49. The van der Waals surface area contributed by atoms with Gasteiger partial charge in [0.25, 0.3) is 0 Å². The number of nitrogens with zero attached hydrogens (tertiary/aromatic N) is 2. The van der Waals surface area contributed by atoms with Crippen molar-refractivity contribution >= 4 is 17.0 Å². The van der Waals surface area contributed by atoms with E-state index < -0.39 is 5.97 Å². The van der Waals surface area contributed by atoms with Crippen molar-refractivity contribution in [2.45, 2.75) is 32.7 Å². The molecule has 0 bridgehead atoms. The lowest BCUT2D eigenvalue weighted by molar-refractivity contribution is -0.138. The van der Waals surface area contributed by atoms with Crippen molar-refractivity contribution in [3.05, 3.63) is 29.6 Å². The Balaban J connectivity index is 2.32. The second-order valence-corrected chi connectivity index (χ2v) is 5.06. The summed E-state index contributed by atoms with van der Waals surface area (Å²) in [6, 6.07) is 6.19. The quantitative estimate of drug-likeness (QED) is 0.850. The number of hydrogen-bond acceptors (Lipinski definition) is 3. The molecule has 1 heterocycles. The van der Waals surface area contributed by atoms with Crippen molar-refractivity contribution in [1.29, 1.82) is 0 Å². The predicted molar refractivity (Wildman–Crippen MR) is 78.8 cm³/mol. The Bertz CT molecular complexity index is 606. The summed E-state index contributed by atoms with van der Waals surface area (Å²) in [4.78, 5) is 20.6. The van der Waals surface area contributed by atoms with Gasteiger partial charge in [-0.1, -0.05) is 19.9 Å². The average Bonchev–Trinajstić information content (AvgIpc) is 2.80. The molecule has 0 spiro atoms. The van der Waals surface area contributed by atoms with Crippen LogP contribution in [0.15, 0.2) is 18.2 Å². The van der Waals surface area contributed by atoms with Crippen molar-refractivity contribution in [3.8, 4) is 0 Å². The van der Waals surface area contributed by atoms with E-state index in [0.717, 1.165) is 29.7 Å². The van der Waals surface area contributed by atoms with Crippen LogP contribution >= 0.6 is 0 Å². The molecule has 1 aromatic heterocycles. The Labute approximate surface area is 118 Å². The number of fused-ring (bicyclic) bond motifs is 1. The second kappa shape index (κ2) is 6.05. The third-order valence-corrected chi connectivity index (χ3v) is 3.59. The third kappa shape index (κ3) is 2.99. The van der Waals surface area contributed by atoms with E-state index in [9.17, 15) is 4.79 Å². The van der Waals surface area contributed by atoms with E-state index in [1.165, 1.54) is 5.56 Å². The first-order chi connectivity index (χ1) is 9.55. The molecule has 0 amide bonds. The molecule has 108 valence electrons. The van der Waals surface area contributed by atoms with E-state index in [-0.39, 0.29) is 12.6 Å². The Hall–Kier alpha value is -1.88. The van der Waals surface area contributed by atoms with Crippen LogP contribution in [0.4, 0.5) is 0 Å². The first kappa shape index (κ1) is 14.5. The zero-order valence-corrected chi connectivity index (χ0v) is 12.2. The van der Waals surface area contributed by atoms with Crippen molar-refractivity contribution in [1.82, 2.24) is 14.9 Å². The van der Waals surface area contributed by atoms with Crippen molar-refractivity contribution in [2.75, 3.05) is 13.6 Å². The van der Waals surface area contributed by atoms with Crippen LogP contribution in [0.25, 0.3) is 11.0 Å². The van der Waals surface area contributed by atoms with Crippen LogP contribution in [0.2, 0.25) is 0 Å². The Morgan fingerprint density at radius 1 is 1.45 bits per heavy atom. The minimum atomic E-state index is -0.824. The predicted octanol–water partition coefficient (Wildman–Crippen LogP) is 2.59. The van der Waals surface area contributed by atoms with Crippen molar-refractivity contribution in [2.24, 2.45) is 0 Å². The summed E-state index contributed by atoms with van der Waals surface area (Å²) in [5.41, 5.74) is 3.21. The molecule has 2 N–H and O–H groups in total. The third-order valence-electron chi connectivity index (χ3n) is 3.59. The number of carboxylic acids is 1. The summed E-state index contributed by atoms with van der Waals surface area (Å²) < 4.78 is 0. The lowest BCUT2D eigenvalue weighted by Crippen LogP contribution is -2.30. The van der Waals surface area contributed by atoms with Crippen LogP contribution < -0.4 is 0 Å². The molecular formula is C15H21N3O2. The van der Waals surface area contributed by atoms with Crippen LogP contribution in [-0.2, 0) is 11.2 Å². The van der Waals surface area contributed by atoms with E-state index >= 15 is 0 Å². The maximum Gasteiger partial charge on any atom is 0.317 e. The molecular weight excluding hydrogens is 254 g/mol. The van der Waals surface area contributed by atoms with Gasteiger partial charge < -0.3 is 10.1 Å². The molecule has 1 unspecified atom stereocenters. The van der Waals surface area contributed by atoms with Crippen LogP contribution in [0.5, 0.6) is 0 Å². The zero-order valence-electron chi connectivity index (χ0n) is 12.2. The highest BCUT2D eigenvalue weighted by Crippen LogP contribution is 2.23. The van der Waals surface area contributed by atoms with Gasteiger partial charge in [-0.3, -0.25) is 9.69 Å². The fraction of sp³-hybridized carbons (Fsp3) is 0.467. The lowest BCUT2D eigenvalue weighted by Gasteiger charge is -2.23. The molecule has 5 heteroatoms. The van der Waals surface area contributed by atoms with Gasteiger partial charge in [-0.05, 0) is 37.6 Å². The molecule has 2 rings (SSSR count). The number of carbonyl (C=O) groups is 1. The minimum Gasteiger partial charge on any atom is -0.480 e. The molecule has 0 saturated carbocycles. The van der Waals surface area contributed by atoms with Gasteiger partial charge in [0.1, 0.15) is 5.82 Å². The van der Waals surface area contributed by atoms with Crippen LogP contribution in [0.1, 0.15) is 37.7 Å². The summed E-state index contributed by atoms with van der Waals surface area (Å²) in [6.07, 6.45) is 1.80. The largest absolute Gasteiger partial charge is 0.480 e. The van der Waals surface area contributed by atoms with Gasteiger partial charge in [0.15, 0.2) is 0 Å². The summed E-state index contributed by atoms with van der Waals surface area (Å²) in [5.74, 6) is 0.00911. The van der Waals surface area contributed by atoms with Gasteiger partial charge in [-0.15, -0.1) is 0 Å². The highest BCUT2D eigenvalue weighted by Gasteiger charge is 2.20. The van der Waals surface area contributed by atoms with Gasteiger partial charge in [0.05, 0.1) is 23.6 Å². The maximum atomic E-state index is 10.8. The number of aromatic amines is 1. The van der Waals surface area contributed by atoms with Gasteiger partial charge in [0.2, 0.25) is 0 Å². The van der Waals surface area contributed by atoms with E-state index in [1.807, 2.05) is 20.0 Å². The molecule has 0 saturated heterocycles. The minimum absolute atomic E-state index is 0.00968. The molecule has 1 aromatic carbocycles. The van der Waals surface area contributed by atoms with Gasteiger partial charge in [-0.25, -0.2) is 4.98 Å². The summed E-state index contributed by atoms with van der Waals surface area (Å²) >= 11 is 0. The van der Waals surface area contributed by atoms with E-state index in [1.54, 1.807) is 4.90 Å². The lowest BCUT2D eigenvalue weighted by atomic mass is 10.1. The normalized spacial score (nSPS) is 13.0. The fourth-order valence-corrected chi connectivity index (χ4v) is 2.49. The first-order valence-corrected chi connectivity index (χ1v) is 6.95. The van der Waals surface area contributed by atoms with Gasteiger partial charge in [0, 0.05) is 0 Å². The number of imidazole rings is 1. The van der Waals surface area contributed by atoms with Gasteiger partial charge in [-0.2, -0.15) is 0 Å². The van der Waals surface area contributed by atoms with E-state index in [4.69, 9.17) is 5.11 Å². The van der Waals surface area contributed by atoms with E-state index in [0.29, 0.717) is 0 Å². The number of aromatic nitrogens is 2. The molecule has 0 aliphatic carbocycles. The first-order valence-electron chi connectivity index (χ1n) is 6.95. The van der Waals surface area contributed by atoms with Crippen molar-refractivity contribution < 1.29 is 9.90 Å². The highest BCUT2D eigenvalue weighted by atomic mass is 16.4. The van der Waals surface area contributed by atoms with E-state index in [2.05, 4.69) is 29.0 Å². The number of likely N-dealkylation sites (N-methyl/N-ethyl adjacent to an activating group) is 1. The summed E-state index contributed by atoms with van der Waals surface area (Å²) in [6.45, 7) is 4.16. The number of aliphatic carboxylic acids is 1. The van der Waals surface area contributed by atoms with Gasteiger partial charge >= 0.3 is 5.97 Å². The Morgan fingerprint density at radius 3 is 2.80 bits per heavy atom.